The van der Waals surface area contributed by atoms with E-state index in [1.807, 2.05) is 6.92 Å². The van der Waals surface area contributed by atoms with Crippen molar-refractivity contribution in [3.8, 4) is 0 Å². The summed E-state index contributed by atoms with van der Waals surface area (Å²) >= 11 is 0. The Hall–Kier alpha value is -1.72. The SMILES string of the molecule is CCCCOC(=O)c1ccc(C(F)(F)F)cc1N. The molecule has 0 saturated carbocycles. The highest BCUT2D eigenvalue weighted by Gasteiger charge is 2.31. The molecule has 0 aliphatic carbocycles. The molecule has 0 atom stereocenters. The van der Waals surface area contributed by atoms with Gasteiger partial charge in [-0.25, -0.2) is 4.79 Å². The lowest BCUT2D eigenvalue weighted by Gasteiger charge is -2.10. The van der Waals surface area contributed by atoms with Gasteiger partial charge in [0.25, 0.3) is 0 Å². The molecule has 1 rings (SSSR count). The largest absolute Gasteiger partial charge is 0.462 e. The number of rotatable bonds is 4. The van der Waals surface area contributed by atoms with Gasteiger partial charge in [-0.2, -0.15) is 13.2 Å². The molecule has 0 aliphatic heterocycles. The third kappa shape index (κ3) is 3.65. The molecule has 0 spiro atoms. The van der Waals surface area contributed by atoms with E-state index in [2.05, 4.69) is 0 Å². The van der Waals surface area contributed by atoms with Gasteiger partial charge in [-0.1, -0.05) is 13.3 Å². The number of carbonyl (C=O) groups is 1. The van der Waals surface area contributed by atoms with E-state index in [-0.39, 0.29) is 17.9 Å². The summed E-state index contributed by atoms with van der Waals surface area (Å²) < 4.78 is 42.0. The van der Waals surface area contributed by atoms with Crippen LogP contribution in [0, 0.1) is 0 Å². The third-order valence-corrected chi connectivity index (χ3v) is 2.33. The van der Waals surface area contributed by atoms with Crippen molar-refractivity contribution in [1.82, 2.24) is 0 Å². The van der Waals surface area contributed by atoms with Crippen molar-refractivity contribution in [2.45, 2.75) is 25.9 Å². The van der Waals surface area contributed by atoms with Crippen LogP contribution in [0.15, 0.2) is 18.2 Å². The molecule has 0 amide bonds. The number of hydrogen-bond donors (Lipinski definition) is 1. The van der Waals surface area contributed by atoms with Gasteiger partial charge in [0.15, 0.2) is 0 Å². The number of unbranched alkanes of at least 4 members (excludes halogenated alkanes) is 1. The lowest BCUT2D eigenvalue weighted by molar-refractivity contribution is -0.137. The number of benzene rings is 1. The topological polar surface area (TPSA) is 52.3 Å². The van der Waals surface area contributed by atoms with E-state index in [4.69, 9.17) is 10.5 Å². The molecule has 3 nitrogen and oxygen atoms in total. The van der Waals surface area contributed by atoms with Gasteiger partial charge in [-0.05, 0) is 24.6 Å². The Labute approximate surface area is 103 Å². The van der Waals surface area contributed by atoms with Crippen molar-refractivity contribution >= 4 is 11.7 Å². The first-order valence-electron chi connectivity index (χ1n) is 5.50. The standard InChI is InChI=1S/C12H14F3NO2/c1-2-3-6-18-11(17)9-5-4-8(7-10(9)16)12(13,14)15/h4-5,7H,2-3,6,16H2,1H3. The summed E-state index contributed by atoms with van der Waals surface area (Å²) in [6.45, 7) is 2.16. The molecule has 0 unspecified atom stereocenters. The second kappa shape index (κ2) is 5.75. The molecule has 0 heterocycles. The predicted molar refractivity (Wildman–Crippen MR) is 61.0 cm³/mol. The summed E-state index contributed by atoms with van der Waals surface area (Å²) in [5, 5.41) is 0. The number of ether oxygens (including phenoxy) is 1. The van der Waals surface area contributed by atoms with Gasteiger partial charge >= 0.3 is 12.1 Å². The molecule has 0 radical (unpaired) electrons. The average molecular weight is 261 g/mol. The van der Waals surface area contributed by atoms with E-state index in [0.717, 1.165) is 24.6 Å². The van der Waals surface area contributed by atoms with Crippen molar-refractivity contribution in [3.63, 3.8) is 0 Å². The second-order valence-electron chi connectivity index (χ2n) is 3.79. The highest BCUT2D eigenvalue weighted by molar-refractivity contribution is 5.95. The van der Waals surface area contributed by atoms with Crippen LogP contribution in [0.3, 0.4) is 0 Å². The first kappa shape index (κ1) is 14.3. The normalized spacial score (nSPS) is 11.3. The summed E-state index contributed by atoms with van der Waals surface area (Å²) in [5.74, 6) is -0.699. The number of nitrogen functional groups attached to an aromatic ring is 1. The van der Waals surface area contributed by atoms with E-state index < -0.39 is 17.7 Å². The highest BCUT2D eigenvalue weighted by Crippen LogP contribution is 2.31. The van der Waals surface area contributed by atoms with Gasteiger partial charge in [0, 0.05) is 5.69 Å². The van der Waals surface area contributed by atoms with Crippen molar-refractivity contribution in [2.75, 3.05) is 12.3 Å². The van der Waals surface area contributed by atoms with E-state index in [0.29, 0.717) is 6.42 Å². The minimum atomic E-state index is -4.47. The summed E-state index contributed by atoms with van der Waals surface area (Å²) in [4.78, 5) is 11.5. The van der Waals surface area contributed by atoms with Crippen molar-refractivity contribution in [3.05, 3.63) is 29.3 Å². The number of esters is 1. The van der Waals surface area contributed by atoms with Crippen LogP contribution in [0.2, 0.25) is 0 Å². The minimum Gasteiger partial charge on any atom is -0.462 e. The molecule has 0 saturated heterocycles. The maximum Gasteiger partial charge on any atom is 0.416 e. The quantitative estimate of drug-likeness (QED) is 0.514. The average Bonchev–Trinajstić information content (AvgIpc) is 2.27. The van der Waals surface area contributed by atoms with Gasteiger partial charge in [-0.3, -0.25) is 0 Å². The predicted octanol–water partition coefficient (Wildman–Crippen LogP) is 3.24. The smallest absolute Gasteiger partial charge is 0.416 e. The van der Waals surface area contributed by atoms with Gasteiger partial charge in [0.05, 0.1) is 17.7 Å². The molecule has 0 aliphatic rings. The van der Waals surface area contributed by atoms with E-state index in [9.17, 15) is 18.0 Å². The maximum atomic E-state index is 12.4. The van der Waals surface area contributed by atoms with Crippen molar-refractivity contribution in [2.24, 2.45) is 0 Å². The van der Waals surface area contributed by atoms with Gasteiger partial charge < -0.3 is 10.5 Å². The van der Waals surface area contributed by atoms with Crippen LogP contribution in [0.5, 0.6) is 0 Å². The Morgan fingerprint density at radius 3 is 2.56 bits per heavy atom. The summed E-state index contributed by atoms with van der Waals surface area (Å²) in [6.07, 6.45) is -2.92. The van der Waals surface area contributed by atoms with Crippen LogP contribution in [0.1, 0.15) is 35.7 Å². The monoisotopic (exact) mass is 261 g/mol. The summed E-state index contributed by atoms with van der Waals surface area (Å²) in [7, 11) is 0. The lowest BCUT2D eigenvalue weighted by atomic mass is 10.1. The van der Waals surface area contributed by atoms with E-state index in [1.165, 1.54) is 0 Å². The molecule has 18 heavy (non-hydrogen) atoms. The van der Waals surface area contributed by atoms with Crippen LogP contribution in [0.4, 0.5) is 18.9 Å². The molecular weight excluding hydrogens is 247 g/mol. The Morgan fingerprint density at radius 2 is 2.06 bits per heavy atom. The molecular formula is C12H14F3NO2. The van der Waals surface area contributed by atoms with Gasteiger partial charge in [0.1, 0.15) is 0 Å². The Morgan fingerprint density at radius 1 is 1.39 bits per heavy atom. The second-order valence-corrected chi connectivity index (χ2v) is 3.79. The molecule has 2 N–H and O–H groups in total. The van der Waals surface area contributed by atoms with Crippen LogP contribution >= 0.6 is 0 Å². The molecule has 1 aromatic rings. The Balaban J connectivity index is 2.82. The molecule has 0 aromatic heterocycles. The molecule has 0 bridgehead atoms. The first-order valence-corrected chi connectivity index (χ1v) is 5.50. The van der Waals surface area contributed by atoms with Gasteiger partial charge in [0.2, 0.25) is 0 Å². The van der Waals surface area contributed by atoms with Gasteiger partial charge in [-0.15, -0.1) is 0 Å². The number of carbonyl (C=O) groups excluding carboxylic acids is 1. The zero-order valence-electron chi connectivity index (χ0n) is 9.88. The third-order valence-electron chi connectivity index (χ3n) is 2.33. The summed E-state index contributed by atoms with van der Waals surface area (Å²) in [6, 6.07) is 2.58. The maximum absolute atomic E-state index is 12.4. The molecule has 0 fully saturated rings. The van der Waals surface area contributed by atoms with Crippen LogP contribution in [0.25, 0.3) is 0 Å². The van der Waals surface area contributed by atoms with E-state index in [1.54, 1.807) is 0 Å². The molecule has 1 aromatic carbocycles. The Bertz CT molecular complexity index is 430. The number of hydrogen-bond acceptors (Lipinski definition) is 3. The fourth-order valence-corrected chi connectivity index (χ4v) is 1.31. The number of alkyl halides is 3. The van der Waals surface area contributed by atoms with Crippen molar-refractivity contribution < 1.29 is 22.7 Å². The number of halogens is 3. The fourth-order valence-electron chi connectivity index (χ4n) is 1.31. The lowest BCUT2D eigenvalue weighted by Crippen LogP contribution is -2.12. The number of nitrogens with two attached hydrogens (primary N) is 1. The van der Waals surface area contributed by atoms with Crippen LogP contribution in [-0.4, -0.2) is 12.6 Å². The minimum absolute atomic E-state index is 0.0425. The Kier molecular flexibility index (Phi) is 4.58. The zero-order chi connectivity index (χ0) is 13.8. The number of anilines is 1. The highest BCUT2D eigenvalue weighted by atomic mass is 19.4. The van der Waals surface area contributed by atoms with Crippen LogP contribution < -0.4 is 5.73 Å². The summed E-state index contributed by atoms with van der Waals surface area (Å²) in [5.41, 5.74) is 4.27. The van der Waals surface area contributed by atoms with E-state index >= 15 is 0 Å². The molecule has 100 valence electrons. The zero-order valence-corrected chi connectivity index (χ0v) is 9.88. The molecule has 6 heteroatoms. The first-order chi connectivity index (χ1) is 8.36. The fraction of sp³-hybridized carbons (Fsp3) is 0.417. The van der Waals surface area contributed by atoms with Crippen molar-refractivity contribution in [1.29, 1.82) is 0 Å². The van der Waals surface area contributed by atoms with Crippen LogP contribution in [-0.2, 0) is 10.9 Å².